The molecule has 0 heterocycles. The molecule has 1 unspecified atom stereocenters. The van der Waals surface area contributed by atoms with Crippen LogP contribution in [0.2, 0.25) is 0 Å². The van der Waals surface area contributed by atoms with Crippen LogP contribution in [0.15, 0.2) is 0 Å². The zero-order valence-electron chi connectivity index (χ0n) is 7.86. The molecule has 0 aliphatic carbocycles. The average molecular weight is 160 g/mol. The minimum atomic E-state index is -0.510. The lowest BCUT2D eigenvalue weighted by molar-refractivity contribution is 0.216. The van der Waals surface area contributed by atoms with E-state index in [4.69, 9.17) is 5.73 Å². The van der Waals surface area contributed by atoms with Crippen molar-refractivity contribution >= 4 is 0 Å². The quantitative estimate of drug-likeness (QED) is 0.391. The summed E-state index contributed by atoms with van der Waals surface area (Å²) in [7, 11) is 5.59. The van der Waals surface area contributed by atoms with Gasteiger partial charge in [-0.2, -0.15) is 0 Å². The molecule has 0 spiro atoms. The monoisotopic (exact) mass is 160 g/mol. The van der Waals surface area contributed by atoms with E-state index in [9.17, 15) is 0 Å². The van der Waals surface area contributed by atoms with E-state index >= 15 is 0 Å². The molecule has 0 radical (unpaired) electrons. The van der Waals surface area contributed by atoms with E-state index in [0.717, 1.165) is 6.42 Å². The van der Waals surface area contributed by atoms with Crippen molar-refractivity contribution in [3.05, 3.63) is 0 Å². The third-order valence-electron chi connectivity index (χ3n) is 2.13. The van der Waals surface area contributed by atoms with Crippen molar-refractivity contribution in [2.24, 2.45) is 5.73 Å². The van der Waals surface area contributed by atoms with E-state index in [-0.39, 0.29) is 6.04 Å². The van der Waals surface area contributed by atoms with Crippen LogP contribution in [0, 0.1) is 0 Å². The van der Waals surface area contributed by atoms with Gasteiger partial charge in [-0.3, -0.25) is 16.4 Å². The molecule has 0 aromatic rings. The predicted molar refractivity (Wildman–Crippen MR) is 48.2 cm³/mol. The molecule has 0 aromatic carbocycles. The van der Waals surface area contributed by atoms with E-state index in [0.29, 0.717) is 0 Å². The molecule has 0 aliphatic rings. The second-order valence-corrected chi connectivity index (χ2v) is 2.62. The number of rotatable bonds is 5. The Bertz CT molecular complexity index is 96.6. The molecule has 0 amide bonds. The highest BCUT2D eigenvalue weighted by molar-refractivity contribution is 4.87. The smallest absolute Gasteiger partial charge is 0.136 e. The van der Waals surface area contributed by atoms with Crippen molar-refractivity contribution in [3.8, 4) is 0 Å². The van der Waals surface area contributed by atoms with Crippen LogP contribution in [-0.4, -0.2) is 33.0 Å². The SMILES string of the molecule is CCC(NC)C(N)(NC)NC. The first kappa shape index (κ1) is 10.8. The lowest BCUT2D eigenvalue weighted by atomic mass is 10.1. The zero-order valence-corrected chi connectivity index (χ0v) is 7.86. The molecular weight excluding hydrogens is 140 g/mol. The summed E-state index contributed by atoms with van der Waals surface area (Å²) in [6.45, 7) is 2.09. The summed E-state index contributed by atoms with van der Waals surface area (Å²) in [5.41, 5.74) is 5.98. The normalized spacial score (nSPS) is 15.0. The second-order valence-electron chi connectivity index (χ2n) is 2.62. The first-order chi connectivity index (χ1) is 5.14. The van der Waals surface area contributed by atoms with Crippen LogP contribution < -0.4 is 21.7 Å². The number of hydrogen-bond acceptors (Lipinski definition) is 4. The van der Waals surface area contributed by atoms with Crippen LogP contribution >= 0.6 is 0 Å². The van der Waals surface area contributed by atoms with Crippen molar-refractivity contribution in [1.82, 2.24) is 16.0 Å². The van der Waals surface area contributed by atoms with Crippen molar-refractivity contribution < 1.29 is 0 Å². The molecule has 0 saturated carbocycles. The van der Waals surface area contributed by atoms with Gasteiger partial charge >= 0.3 is 0 Å². The number of nitrogens with one attached hydrogen (secondary N) is 3. The fraction of sp³-hybridized carbons (Fsp3) is 1.00. The summed E-state index contributed by atoms with van der Waals surface area (Å²) in [6, 6.07) is 0.234. The molecule has 1 atom stereocenters. The van der Waals surface area contributed by atoms with Crippen LogP contribution in [0.4, 0.5) is 0 Å². The number of likely N-dealkylation sites (N-methyl/N-ethyl adjacent to an activating group) is 3. The van der Waals surface area contributed by atoms with Gasteiger partial charge in [-0.1, -0.05) is 6.92 Å². The fourth-order valence-electron chi connectivity index (χ4n) is 1.23. The van der Waals surface area contributed by atoms with Crippen molar-refractivity contribution in [2.75, 3.05) is 21.1 Å². The molecular formula is C7H20N4. The summed E-state index contributed by atoms with van der Waals surface area (Å²) in [5, 5.41) is 9.21. The predicted octanol–water partition coefficient (Wildman–Crippen LogP) is -0.964. The maximum Gasteiger partial charge on any atom is 0.136 e. The Kier molecular flexibility index (Phi) is 4.60. The summed E-state index contributed by atoms with van der Waals surface area (Å²) in [5.74, 6) is -0.510. The first-order valence-corrected chi connectivity index (χ1v) is 3.98. The lowest BCUT2D eigenvalue weighted by Gasteiger charge is -2.36. The Morgan fingerprint density at radius 1 is 1.27 bits per heavy atom. The molecule has 0 aromatic heterocycles. The van der Waals surface area contributed by atoms with E-state index in [2.05, 4.69) is 22.9 Å². The van der Waals surface area contributed by atoms with Crippen molar-refractivity contribution in [2.45, 2.75) is 25.2 Å². The highest BCUT2D eigenvalue weighted by Gasteiger charge is 2.28. The Morgan fingerprint density at radius 2 is 1.73 bits per heavy atom. The van der Waals surface area contributed by atoms with Gasteiger partial charge in [0.2, 0.25) is 0 Å². The highest BCUT2D eigenvalue weighted by Crippen LogP contribution is 2.01. The maximum atomic E-state index is 5.98. The largest absolute Gasteiger partial charge is 0.313 e. The summed E-state index contributed by atoms with van der Waals surface area (Å²) >= 11 is 0. The highest BCUT2D eigenvalue weighted by atomic mass is 15.3. The third-order valence-corrected chi connectivity index (χ3v) is 2.13. The number of nitrogens with two attached hydrogens (primary N) is 1. The Balaban J connectivity index is 4.19. The third kappa shape index (κ3) is 2.41. The fourth-order valence-corrected chi connectivity index (χ4v) is 1.23. The summed E-state index contributed by atoms with van der Waals surface area (Å²) in [4.78, 5) is 0. The first-order valence-electron chi connectivity index (χ1n) is 3.98. The molecule has 0 rings (SSSR count). The minimum Gasteiger partial charge on any atom is -0.313 e. The van der Waals surface area contributed by atoms with Crippen LogP contribution in [0.5, 0.6) is 0 Å². The van der Waals surface area contributed by atoms with Gasteiger partial charge < -0.3 is 5.32 Å². The van der Waals surface area contributed by atoms with Gasteiger partial charge in [-0.05, 0) is 27.6 Å². The van der Waals surface area contributed by atoms with Gasteiger partial charge in [0, 0.05) is 0 Å². The average Bonchev–Trinajstić information content (AvgIpc) is 2.06. The topological polar surface area (TPSA) is 62.1 Å². The molecule has 5 N–H and O–H groups in total. The summed E-state index contributed by atoms with van der Waals surface area (Å²) < 4.78 is 0. The Hall–Kier alpha value is -0.160. The van der Waals surface area contributed by atoms with Crippen molar-refractivity contribution in [1.29, 1.82) is 0 Å². The van der Waals surface area contributed by atoms with Gasteiger partial charge in [0.25, 0.3) is 0 Å². The summed E-state index contributed by atoms with van der Waals surface area (Å²) in [6.07, 6.45) is 0.981. The minimum absolute atomic E-state index is 0.234. The van der Waals surface area contributed by atoms with E-state index in [1.165, 1.54) is 0 Å². The molecule has 68 valence electrons. The van der Waals surface area contributed by atoms with Gasteiger partial charge in [0.1, 0.15) is 5.79 Å². The van der Waals surface area contributed by atoms with E-state index in [1.807, 2.05) is 21.1 Å². The standard InChI is InChI=1S/C7H20N4/c1-5-6(9-2)7(8,10-3)11-4/h6,9-11H,5,8H2,1-4H3. The van der Waals surface area contributed by atoms with Gasteiger partial charge in [0.15, 0.2) is 0 Å². The van der Waals surface area contributed by atoms with Gasteiger partial charge in [-0.15, -0.1) is 0 Å². The van der Waals surface area contributed by atoms with E-state index in [1.54, 1.807) is 0 Å². The van der Waals surface area contributed by atoms with Crippen LogP contribution in [0.25, 0.3) is 0 Å². The van der Waals surface area contributed by atoms with Crippen LogP contribution in [0.3, 0.4) is 0 Å². The van der Waals surface area contributed by atoms with Gasteiger partial charge in [-0.25, -0.2) is 0 Å². The Labute approximate surface area is 68.9 Å². The molecule has 0 bridgehead atoms. The second kappa shape index (κ2) is 4.66. The lowest BCUT2D eigenvalue weighted by Crippen LogP contribution is -2.71. The molecule has 11 heavy (non-hydrogen) atoms. The van der Waals surface area contributed by atoms with Crippen molar-refractivity contribution in [3.63, 3.8) is 0 Å². The molecule has 0 saturated heterocycles. The zero-order chi connectivity index (χ0) is 8.91. The maximum absolute atomic E-state index is 5.98. The molecule has 0 fully saturated rings. The van der Waals surface area contributed by atoms with Crippen LogP contribution in [-0.2, 0) is 0 Å². The number of hydrogen-bond donors (Lipinski definition) is 4. The van der Waals surface area contributed by atoms with E-state index < -0.39 is 5.79 Å². The van der Waals surface area contributed by atoms with Gasteiger partial charge in [0.05, 0.1) is 6.04 Å². The molecule has 4 heteroatoms. The molecule has 4 nitrogen and oxygen atoms in total. The Morgan fingerprint density at radius 3 is 1.82 bits per heavy atom. The molecule has 0 aliphatic heterocycles. The van der Waals surface area contributed by atoms with Crippen LogP contribution in [0.1, 0.15) is 13.3 Å².